The van der Waals surface area contributed by atoms with Gasteiger partial charge in [0.05, 0.1) is 0 Å². The van der Waals surface area contributed by atoms with Crippen LogP contribution in [0.3, 0.4) is 0 Å². The maximum atomic E-state index is 10.0. The first-order valence-corrected chi connectivity index (χ1v) is 6.48. The Morgan fingerprint density at radius 1 is 1.06 bits per heavy atom. The molecule has 0 saturated heterocycles. The Hall–Kier alpha value is -0.800. The molecule has 16 heavy (non-hydrogen) atoms. The molecule has 0 rings (SSSR count). The minimum atomic E-state index is -0.699. The van der Waals surface area contributed by atoms with Gasteiger partial charge in [0.2, 0.25) is 0 Å². The summed E-state index contributed by atoms with van der Waals surface area (Å²) in [6, 6.07) is 0. The Labute approximate surface area is 98.5 Å². The smallest absolute Gasteiger partial charge is 0.294 e. The maximum Gasteiger partial charge on any atom is 0.294 e. The number of nitrogens with zero attached hydrogens (tertiary/aromatic N) is 1. The normalized spacial score (nSPS) is 12.4. The molecule has 0 fully saturated rings. The molecular weight excluding hydrogens is 206 g/mol. The summed E-state index contributed by atoms with van der Waals surface area (Å²) in [6.45, 7) is 3.97. The van der Waals surface area contributed by atoms with Crippen LogP contribution in [0.4, 0.5) is 0 Å². The molecular formula is C12H25NO3. The standard InChI is InChI=1S/C12H25NO3/c1-3-4-5-6-7-8-9-10-11-12(2)16-13(14)15/h12H,3-11H2,1-2H3. The van der Waals surface area contributed by atoms with Gasteiger partial charge < -0.3 is 4.84 Å². The van der Waals surface area contributed by atoms with Crippen LogP contribution in [-0.4, -0.2) is 11.2 Å². The van der Waals surface area contributed by atoms with Gasteiger partial charge in [-0.25, -0.2) is 0 Å². The molecule has 0 heterocycles. The average Bonchev–Trinajstić information content (AvgIpc) is 2.21. The third-order valence-electron chi connectivity index (χ3n) is 2.73. The monoisotopic (exact) mass is 231 g/mol. The first-order valence-electron chi connectivity index (χ1n) is 6.48. The van der Waals surface area contributed by atoms with Gasteiger partial charge >= 0.3 is 0 Å². The fourth-order valence-corrected chi connectivity index (χ4v) is 1.77. The SMILES string of the molecule is CCCCCCCCCCC(C)O[N+](=O)[O-]. The van der Waals surface area contributed by atoms with Gasteiger partial charge in [0.25, 0.3) is 5.09 Å². The highest BCUT2D eigenvalue weighted by molar-refractivity contribution is 4.50. The van der Waals surface area contributed by atoms with Crippen LogP contribution in [0.25, 0.3) is 0 Å². The van der Waals surface area contributed by atoms with Crippen LogP contribution in [-0.2, 0) is 4.84 Å². The van der Waals surface area contributed by atoms with E-state index in [0.717, 1.165) is 19.3 Å². The molecule has 0 amide bonds. The molecule has 4 heteroatoms. The molecule has 0 aliphatic rings. The van der Waals surface area contributed by atoms with E-state index in [-0.39, 0.29) is 6.10 Å². The number of hydrogen-bond acceptors (Lipinski definition) is 3. The third-order valence-corrected chi connectivity index (χ3v) is 2.73. The fraction of sp³-hybridized carbons (Fsp3) is 1.00. The largest absolute Gasteiger partial charge is 0.311 e. The van der Waals surface area contributed by atoms with Gasteiger partial charge in [-0.3, -0.25) is 0 Å². The summed E-state index contributed by atoms with van der Waals surface area (Å²) < 4.78 is 0. The van der Waals surface area contributed by atoms with Crippen molar-refractivity contribution < 1.29 is 9.92 Å². The lowest BCUT2D eigenvalue weighted by atomic mass is 10.1. The lowest BCUT2D eigenvalue weighted by Gasteiger charge is -2.08. The number of unbranched alkanes of at least 4 members (excludes halogenated alkanes) is 7. The Morgan fingerprint density at radius 3 is 2.06 bits per heavy atom. The van der Waals surface area contributed by atoms with E-state index < -0.39 is 5.09 Å². The molecule has 96 valence electrons. The van der Waals surface area contributed by atoms with Gasteiger partial charge in [-0.1, -0.05) is 58.3 Å². The van der Waals surface area contributed by atoms with Crippen LogP contribution in [0.5, 0.6) is 0 Å². The van der Waals surface area contributed by atoms with Crippen LogP contribution in [0.1, 0.15) is 71.6 Å². The van der Waals surface area contributed by atoms with Gasteiger partial charge in [-0.2, -0.15) is 0 Å². The first kappa shape index (κ1) is 15.2. The quantitative estimate of drug-likeness (QED) is 0.305. The molecule has 0 aliphatic carbocycles. The summed E-state index contributed by atoms with van der Waals surface area (Å²) in [4.78, 5) is 14.5. The zero-order chi connectivity index (χ0) is 12.2. The second-order valence-electron chi connectivity index (χ2n) is 4.40. The van der Waals surface area contributed by atoms with Crippen LogP contribution >= 0.6 is 0 Å². The van der Waals surface area contributed by atoms with Gasteiger partial charge in [0.15, 0.2) is 0 Å². The molecule has 0 spiro atoms. The minimum Gasteiger partial charge on any atom is -0.311 e. The molecule has 0 aromatic heterocycles. The highest BCUT2D eigenvalue weighted by Gasteiger charge is 2.05. The second-order valence-corrected chi connectivity index (χ2v) is 4.40. The second kappa shape index (κ2) is 10.7. The van der Waals surface area contributed by atoms with Gasteiger partial charge in [-0.05, 0) is 13.3 Å². The van der Waals surface area contributed by atoms with Crippen molar-refractivity contribution in [3.8, 4) is 0 Å². The molecule has 0 aromatic carbocycles. The Balaban J connectivity index is 3.11. The maximum absolute atomic E-state index is 10.0. The van der Waals surface area contributed by atoms with E-state index in [1.165, 1.54) is 38.5 Å². The lowest BCUT2D eigenvalue weighted by molar-refractivity contribution is -0.767. The average molecular weight is 231 g/mol. The van der Waals surface area contributed by atoms with Crippen LogP contribution < -0.4 is 0 Å². The van der Waals surface area contributed by atoms with Crippen molar-refractivity contribution in [2.75, 3.05) is 0 Å². The van der Waals surface area contributed by atoms with E-state index in [9.17, 15) is 10.1 Å². The predicted octanol–water partition coefficient (Wildman–Crippen LogP) is 4.11. The fourth-order valence-electron chi connectivity index (χ4n) is 1.77. The van der Waals surface area contributed by atoms with E-state index in [1.807, 2.05) is 0 Å². The minimum absolute atomic E-state index is 0.255. The van der Waals surface area contributed by atoms with Crippen molar-refractivity contribution in [2.24, 2.45) is 0 Å². The third kappa shape index (κ3) is 11.3. The molecule has 4 nitrogen and oxygen atoms in total. The van der Waals surface area contributed by atoms with Crippen molar-refractivity contribution >= 4 is 0 Å². The van der Waals surface area contributed by atoms with Crippen LogP contribution in [0, 0.1) is 10.1 Å². The molecule has 0 radical (unpaired) electrons. The highest BCUT2D eigenvalue weighted by atomic mass is 17.0. The molecule has 1 atom stereocenters. The van der Waals surface area contributed by atoms with E-state index in [1.54, 1.807) is 6.92 Å². The van der Waals surface area contributed by atoms with Gasteiger partial charge in [0, 0.05) is 0 Å². The van der Waals surface area contributed by atoms with Gasteiger partial charge in [0.1, 0.15) is 6.10 Å². The van der Waals surface area contributed by atoms with E-state index in [2.05, 4.69) is 11.8 Å². The number of rotatable bonds is 11. The summed E-state index contributed by atoms with van der Waals surface area (Å²) in [5.41, 5.74) is 0. The molecule has 1 unspecified atom stereocenters. The molecule has 0 N–H and O–H groups in total. The Morgan fingerprint density at radius 2 is 1.56 bits per heavy atom. The van der Waals surface area contributed by atoms with Gasteiger partial charge in [-0.15, -0.1) is 10.1 Å². The van der Waals surface area contributed by atoms with Crippen LogP contribution in [0.15, 0.2) is 0 Å². The summed E-state index contributed by atoms with van der Waals surface area (Å²) in [5, 5.41) is 9.33. The van der Waals surface area contributed by atoms with Crippen molar-refractivity contribution in [1.82, 2.24) is 0 Å². The zero-order valence-corrected chi connectivity index (χ0v) is 10.6. The van der Waals surface area contributed by atoms with Crippen molar-refractivity contribution in [3.05, 3.63) is 10.1 Å². The van der Waals surface area contributed by atoms with Crippen LogP contribution in [0.2, 0.25) is 0 Å². The molecule has 0 bridgehead atoms. The topological polar surface area (TPSA) is 52.4 Å². The number of hydrogen-bond donors (Lipinski definition) is 0. The van der Waals surface area contributed by atoms with Crippen molar-refractivity contribution in [1.29, 1.82) is 0 Å². The molecule has 0 saturated carbocycles. The molecule has 0 aliphatic heterocycles. The first-order chi connectivity index (χ1) is 7.66. The summed E-state index contributed by atoms with van der Waals surface area (Å²) in [7, 11) is 0. The summed E-state index contributed by atoms with van der Waals surface area (Å²) in [6.07, 6.45) is 10.6. The van der Waals surface area contributed by atoms with Crippen molar-refractivity contribution in [2.45, 2.75) is 77.7 Å². The molecule has 0 aromatic rings. The Bertz CT molecular complexity index is 174. The van der Waals surface area contributed by atoms with E-state index in [0.29, 0.717) is 0 Å². The van der Waals surface area contributed by atoms with E-state index in [4.69, 9.17) is 0 Å². The lowest BCUT2D eigenvalue weighted by Crippen LogP contribution is -2.12. The van der Waals surface area contributed by atoms with Crippen molar-refractivity contribution in [3.63, 3.8) is 0 Å². The zero-order valence-electron chi connectivity index (χ0n) is 10.6. The van der Waals surface area contributed by atoms with E-state index >= 15 is 0 Å². The highest BCUT2D eigenvalue weighted by Crippen LogP contribution is 2.11. The Kier molecular flexibility index (Phi) is 10.2. The summed E-state index contributed by atoms with van der Waals surface area (Å²) >= 11 is 0. The summed E-state index contributed by atoms with van der Waals surface area (Å²) in [5.74, 6) is 0. The predicted molar refractivity (Wildman–Crippen MR) is 64.8 cm³/mol.